The molecule has 0 radical (unpaired) electrons. The minimum absolute atomic E-state index is 0.0242. The van der Waals surface area contributed by atoms with Crippen molar-refractivity contribution < 1.29 is 23.4 Å². The van der Waals surface area contributed by atoms with Gasteiger partial charge in [-0.15, -0.1) is 0 Å². The van der Waals surface area contributed by atoms with Gasteiger partial charge in [0.05, 0.1) is 20.8 Å². The third kappa shape index (κ3) is 2.42. The van der Waals surface area contributed by atoms with Gasteiger partial charge in [-0.05, 0) is 6.92 Å². The fraction of sp³-hybridized carbons (Fsp3) is 0.364. The first kappa shape index (κ1) is 12.3. The zero-order valence-corrected chi connectivity index (χ0v) is 9.37. The first-order valence-electron chi connectivity index (χ1n) is 4.72. The van der Waals surface area contributed by atoms with Crippen molar-refractivity contribution in [1.82, 2.24) is 0 Å². The van der Waals surface area contributed by atoms with Gasteiger partial charge in [0.25, 0.3) is 0 Å². The molecule has 0 saturated carbocycles. The Labute approximate surface area is 92.9 Å². The van der Waals surface area contributed by atoms with Gasteiger partial charge in [0, 0.05) is 12.1 Å². The molecule has 4 nitrogen and oxygen atoms in total. The van der Waals surface area contributed by atoms with Crippen LogP contribution in [-0.4, -0.2) is 26.8 Å². The Morgan fingerprint density at radius 1 is 1.25 bits per heavy atom. The summed E-state index contributed by atoms with van der Waals surface area (Å²) in [5, 5.41) is 0. The normalized spacial score (nSPS) is 9.75. The molecule has 0 unspecified atom stereocenters. The molecule has 0 aromatic heterocycles. The predicted molar refractivity (Wildman–Crippen MR) is 55.5 cm³/mol. The van der Waals surface area contributed by atoms with Gasteiger partial charge in [0.2, 0.25) is 0 Å². The van der Waals surface area contributed by atoms with Crippen molar-refractivity contribution >= 4 is 5.97 Å². The third-order valence-electron chi connectivity index (χ3n) is 1.97. The minimum atomic E-state index is -0.590. The molecule has 16 heavy (non-hydrogen) atoms. The monoisotopic (exact) mass is 228 g/mol. The standard InChI is InChI=1S/C11H13FO4/c1-4-16-11(13)7-5-10(15-3)8(12)6-9(7)14-2/h5-6H,4H2,1-3H3. The Kier molecular flexibility index (Phi) is 4.10. The van der Waals surface area contributed by atoms with E-state index in [1.165, 1.54) is 20.3 Å². The van der Waals surface area contributed by atoms with Gasteiger partial charge < -0.3 is 14.2 Å². The summed E-state index contributed by atoms with van der Waals surface area (Å²) in [5.41, 5.74) is 0.141. The molecule has 5 heteroatoms. The number of carbonyl (C=O) groups is 1. The second-order valence-electron chi connectivity index (χ2n) is 2.91. The number of hydrogen-bond acceptors (Lipinski definition) is 4. The smallest absolute Gasteiger partial charge is 0.342 e. The Bertz CT molecular complexity index is 390. The third-order valence-corrected chi connectivity index (χ3v) is 1.97. The molecular formula is C11H13FO4. The van der Waals surface area contributed by atoms with E-state index in [2.05, 4.69) is 0 Å². The SMILES string of the molecule is CCOC(=O)c1cc(OC)c(F)cc1OC. The van der Waals surface area contributed by atoms with Crippen LogP contribution in [0, 0.1) is 5.82 Å². The topological polar surface area (TPSA) is 44.8 Å². The first-order valence-corrected chi connectivity index (χ1v) is 4.72. The highest BCUT2D eigenvalue weighted by atomic mass is 19.1. The lowest BCUT2D eigenvalue weighted by molar-refractivity contribution is 0.0522. The quantitative estimate of drug-likeness (QED) is 0.739. The number of carbonyl (C=O) groups excluding carboxylic acids is 1. The number of halogens is 1. The number of benzene rings is 1. The molecule has 0 atom stereocenters. The van der Waals surface area contributed by atoms with Gasteiger partial charge in [0.1, 0.15) is 11.3 Å². The Morgan fingerprint density at radius 2 is 1.88 bits per heavy atom. The molecule has 0 N–H and O–H groups in total. The summed E-state index contributed by atoms with van der Waals surface area (Å²) in [4.78, 5) is 11.5. The minimum Gasteiger partial charge on any atom is -0.496 e. The molecule has 0 aliphatic heterocycles. The number of rotatable bonds is 4. The van der Waals surface area contributed by atoms with Crippen LogP contribution in [-0.2, 0) is 4.74 Å². The van der Waals surface area contributed by atoms with Crippen LogP contribution in [0.2, 0.25) is 0 Å². The number of esters is 1. The largest absolute Gasteiger partial charge is 0.496 e. The lowest BCUT2D eigenvalue weighted by atomic mass is 10.2. The van der Waals surface area contributed by atoms with Crippen LogP contribution in [0.1, 0.15) is 17.3 Å². The molecule has 1 aromatic rings. The summed E-state index contributed by atoms with van der Waals surface area (Å²) < 4.78 is 27.8. The number of hydrogen-bond donors (Lipinski definition) is 0. The first-order chi connectivity index (χ1) is 7.63. The zero-order chi connectivity index (χ0) is 12.1. The van der Waals surface area contributed by atoms with Crippen LogP contribution >= 0.6 is 0 Å². The predicted octanol–water partition coefficient (Wildman–Crippen LogP) is 2.02. The molecule has 88 valence electrons. The molecule has 1 rings (SSSR count). The highest BCUT2D eigenvalue weighted by Crippen LogP contribution is 2.28. The van der Waals surface area contributed by atoms with Gasteiger partial charge in [0.15, 0.2) is 11.6 Å². The second kappa shape index (κ2) is 5.34. The molecule has 1 aromatic carbocycles. The van der Waals surface area contributed by atoms with E-state index in [4.69, 9.17) is 14.2 Å². The summed E-state index contributed by atoms with van der Waals surface area (Å²) in [6.07, 6.45) is 0. The molecular weight excluding hydrogens is 215 g/mol. The second-order valence-corrected chi connectivity index (χ2v) is 2.91. The molecule has 0 bridgehead atoms. The number of ether oxygens (including phenoxy) is 3. The van der Waals surface area contributed by atoms with Crippen LogP contribution in [0.25, 0.3) is 0 Å². The van der Waals surface area contributed by atoms with E-state index in [-0.39, 0.29) is 23.7 Å². The Hall–Kier alpha value is -1.78. The molecule has 0 fully saturated rings. The maximum absolute atomic E-state index is 13.3. The van der Waals surface area contributed by atoms with Gasteiger partial charge in [-0.25, -0.2) is 9.18 Å². The molecule has 0 amide bonds. The van der Waals surface area contributed by atoms with Crippen molar-refractivity contribution in [2.24, 2.45) is 0 Å². The summed E-state index contributed by atoms with van der Waals surface area (Å²) in [6.45, 7) is 1.92. The van der Waals surface area contributed by atoms with Gasteiger partial charge in [-0.2, -0.15) is 0 Å². The van der Waals surface area contributed by atoms with E-state index in [1.807, 2.05) is 0 Å². The fourth-order valence-corrected chi connectivity index (χ4v) is 1.23. The van der Waals surface area contributed by atoms with E-state index in [9.17, 15) is 9.18 Å². The van der Waals surface area contributed by atoms with Crippen molar-refractivity contribution in [3.63, 3.8) is 0 Å². The van der Waals surface area contributed by atoms with E-state index in [0.717, 1.165) is 6.07 Å². The van der Waals surface area contributed by atoms with Crippen LogP contribution < -0.4 is 9.47 Å². The van der Waals surface area contributed by atoms with Crippen LogP contribution in [0.4, 0.5) is 4.39 Å². The summed E-state index contributed by atoms with van der Waals surface area (Å²) in [7, 11) is 2.67. The average molecular weight is 228 g/mol. The molecule has 0 spiro atoms. The van der Waals surface area contributed by atoms with Crippen molar-refractivity contribution in [2.45, 2.75) is 6.92 Å². The van der Waals surface area contributed by atoms with Crippen molar-refractivity contribution in [1.29, 1.82) is 0 Å². The molecule has 0 aliphatic carbocycles. The summed E-state index contributed by atoms with van der Waals surface area (Å²) >= 11 is 0. The van der Waals surface area contributed by atoms with Gasteiger partial charge in [-0.1, -0.05) is 0 Å². The maximum atomic E-state index is 13.3. The van der Waals surface area contributed by atoms with Crippen LogP contribution in [0.5, 0.6) is 11.5 Å². The van der Waals surface area contributed by atoms with Gasteiger partial charge in [-0.3, -0.25) is 0 Å². The van der Waals surface area contributed by atoms with Crippen molar-refractivity contribution in [3.05, 3.63) is 23.5 Å². The Morgan fingerprint density at radius 3 is 2.38 bits per heavy atom. The molecule has 0 saturated heterocycles. The lowest BCUT2D eigenvalue weighted by Gasteiger charge is -2.10. The number of methoxy groups -OCH3 is 2. The van der Waals surface area contributed by atoms with Crippen LogP contribution in [0.15, 0.2) is 12.1 Å². The van der Waals surface area contributed by atoms with E-state index in [0.29, 0.717) is 0 Å². The highest BCUT2D eigenvalue weighted by Gasteiger charge is 2.17. The van der Waals surface area contributed by atoms with E-state index < -0.39 is 11.8 Å². The molecule has 0 heterocycles. The van der Waals surface area contributed by atoms with Crippen molar-refractivity contribution in [2.75, 3.05) is 20.8 Å². The average Bonchev–Trinajstić information content (AvgIpc) is 2.28. The van der Waals surface area contributed by atoms with Crippen LogP contribution in [0.3, 0.4) is 0 Å². The highest BCUT2D eigenvalue weighted by molar-refractivity contribution is 5.93. The Balaban J connectivity index is 3.19. The summed E-state index contributed by atoms with van der Waals surface area (Å²) in [6, 6.07) is 2.34. The maximum Gasteiger partial charge on any atom is 0.342 e. The van der Waals surface area contributed by atoms with Gasteiger partial charge >= 0.3 is 5.97 Å². The van der Waals surface area contributed by atoms with E-state index >= 15 is 0 Å². The molecule has 0 aliphatic rings. The lowest BCUT2D eigenvalue weighted by Crippen LogP contribution is -2.07. The fourth-order valence-electron chi connectivity index (χ4n) is 1.23. The zero-order valence-electron chi connectivity index (χ0n) is 9.37. The summed E-state index contributed by atoms with van der Waals surface area (Å²) in [5.74, 6) is -1.06. The van der Waals surface area contributed by atoms with E-state index in [1.54, 1.807) is 6.92 Å². The van der Waals surface area contributed by atoms with Crippen molar-refractivity contribution in [3.8, 4) is 11.5 Å².